The van der Waals surface area contributed by atoms with E-state index in [2.05, 4.69) is 27.9 Å². The lowest BCUT2D eigenvalue weighted by molar-refractivity contribution is 0.0952. The van der Waals surface area contributed by atoms with Crippen molar-refractivity contribution in [3.8, 4) is 0 Å². The molecule has 0 fully saturated rings. The summed E-state index contributed by atoms with van der Waals surface area (Å²) in [6, 6.07) is 2.09. The van der Waals surface area contributed by atoms with Crippen molar-refractivity contribution in [1.29, 1.82) is 0 Å². The summed E-state index contributed by atoms with van der Waals surface area (Å²) in [5.41, 5.74) is 1.67. The van der Waals surface area contributed by atoms with Crippen LogP contribution in [0.3, 0.4) is 0 Å². The van der Waals surface area contributed by atoms with Crippen molar-refractivity contribution in [2.24, 2.45) is 0 Å². The molecule has 3 amide bonds. The molecule has 0 aliphatic heterocycles. The fourth-order valence-corrected chi connectivity index (χ4v) is 2.75. The molecule has 0 radical (unpaired) electrons. The zero-order chi connectivity index (χ0) is 19.4. The molecule has 1 aromatic heterocycles. The number of aromatic nitrogens is 1. The van der Waals surface area contributed by atoms with Crippen LogP contribution >= 0.6 is 0 Å². The van der Waals surface area contributed by atoms with Crippen LogP contribution in [-0.4, -0.2) is 35.6 Å². The molecule has 2 unspecified atom stereocenters. The molecule has 26 heavy (non-hydrogen) atoms. The van der Waals surface area contributed by atoms with Crippen molar-refractivity contribution in [2.75, 3.05) is 6.54 Å². The molecule has 1 aromatic rings. The Labute approximate surface area is 157 Å². The zero-order valence-electron chi connectivity index (χ0n) is 16.6. The first kappa shape index (κ1) is 21.9. The second-order valence-corrected chi connectivity index (χ2v) is 6.90. The molecule has 2 atom stereocenters. The van der Waals surface area contributed by atoms with Crippen LogP contribution in [0.25, 0.3) is 0 Å². The van der Waals surface area contributed by atoms with Gasteiger partial charge in [-0.25, -0.2) is 4.79 Å². The van der Waals surface area contributed by atoms with Crippen LogP contribution in [0.5, 0.6) is 0 Å². The normalized spacial score (nSPS) is 12.9. The van der Waals surface area contributed by atoms with Gasteiger partial charge in [-0.3, -0.25) is 9.78 Å². The Morgan fingerprint density at radius 1 is 1.04 bits per heavy atom. The number of pyridine rings is 1. The number of hydrogen-bond acceptors (Lipinski definition) is 3. The fraction of sp³-hybridized carbons (Fsp3) is 0.650. The third-order valence-electron chi connectivity index (χ3n) is 4.29. The summed E-state index contributed by atoms with van der Waals surface area (Å²) < 4.78 is 0. The number of nitrogens with one attached hydrogen (secondary N) is 3. The standard InChI is InChI=1S/C20H34N4O2/c1-5-9-15(3)23-20(26)24-16(4)10-7-8-11-22-19(25)18-12-17(6-2)13-21-14-18/h12-16H,5-11H2,1-4H3,(H,22,25)(H2,23,24,26). The SMILES string of the molecule is CCCC(C)NC(=O)NC(C)CCCCNC(=O)c1cncc(CC)c1. The smallest absolute Gasteiger partial charge is 0.315 e. The second-order valence-electron chi connectivity index (χ2n) is 6.90. The predicted octanol–water partition coefficient (Wildman–Crippen LogP) is 3.42. The lowest BCUT2D eigenvalue weighted by Crippen LogP contribution is -2.44. The molecule has 1 heterocycles. The number of nitrogens with zero attached hydrogens (tertiary/aromatic N) is 1. The van der Waals surface area contributed by atoms with E-state index in [1.165, 1.54) is 0 Å². The summed E-state index contributed by atoms with van der Waals surface area (Å²) in [7, 11) is 0. The number of carbonyl (C=O) groups excluding carboxylic acids is 2. The van der Waals surface area contributed by atoms with E-state index in [1.54, 1.807) is 12.4 Å². The Hall–Kier alpha value is -2.11. The van der Waals surface area contributed by atoms with Gasteiger partial charge in [0.15, 0.2) is 0 Å². The van der Waals surface area contributed by atoms with Crippen LogP contribution in [0, 0.1) is 0 Å². The van der Waals surface area contributed by atoms with E-state index in [4.69, 9.17) is 0 Å². The van der Waals surface area contributed by atoms with Crippen LogP contribution in [0.4, 0.5) is 4.79 Å². The molecule has 1 rings (SSSR count). The number of aryl methyl sites for hydroxylation is 1. The van der Waals surface area contributed by atoms with Gasteiger partial charge in [-0.1, -0.05) is 20.3 Å². The lowest BCUT2D eigenvalue weighted by atomic mass is 10.1. The van der Waals surface area contributed by atoms with Crippen LogP contribution in [-0.2, 0) is 6.42 Å². The van der Waals surface area contributed by atoms with Crippen LogP contribution in [0.1, 0.15) is 75.7 Å². The topological polar surface area (TPSA) is 83.1 Å². The average Bonchev–Trinajstić information content (AvgIpc) is 2.61. The molecule has 0 aliphatic rings. The summed E-state index contributed by atoms with van der Waals surface area (Å²) >= 11 is 0. The summed E-state index contributed by atoms with van der Waals surface area (Å²) in [6.07, 6.45) is 9.00. The van der Waals surface area contributed by atoms with Crippen molar-refractivity contribution in [3.63, 3.8) is 0 Å². The van der Waals surface area contributed by atoms with E-state index in [-0.39, 0.29) is 24.0 Å². The number of unbranched alkanes of at least 4 members (excludes halogenated alkanes) is 1. The van der Waals surface area contributed by atoms with Gasteiger partial charge in [0.1, 0.15) is 0 Å². The van der Waals surface area contributed by atoms with Crippen molar-refractivity contribution in [1.82, 2.24) is 20.9 Å². The Morgan fingerprint density at radius 3 is 2.38 bits per heavy atom. The minimum absolute atomic E-state index is 0.0803. The molecule has 6 nitrogen and oxygen atoms in total. The minimum atomic E-state index is -0.102. The van der Waals surface area contributed by atoms with Crippen LogP contribution < -0.4 is 16.0 Å². The third kappa shape index (κ3) is 8.83. The lowest BCUT2D eigenvalue weighted by Gasteiger charge is -2.18. The highest BCUT2D eigenvalue weighted by Gasteiger charge is 2.10. The van der Waals surface area contributed by atoms with E-state index in [0.717, 1.165) is 44.1 Å². The van der Waals surface area contributed by atoms with Crippen LogP contribution in [0.2, 0.25) is 0 Å². The molecule has 146 valence electrons. The number of carbonyl (C=O) groups is 2. The summed E-state index contributed by atoms with van der Waals surface area (Å²) in [4.78, 5) is 28.0. The molecular formula is C20H34N4O2. The highest BCUT2D eigenvalue weighted by Crippen LogP contribution is 2.04. The molecule has 0 aromatic carbocycles. The summed E-state index contributed by atoms with van der Waals surface area (Å²) in [5.74, 6) is -0.0803. The van der Waals surface area contributed by atoms with Gasteiger partial charge in [-0.15, -0.1) is 0 Å². The van der Waals surface area contributed by atoms with E-state index < -0.39 is 0 Å². The first-order valence-corrected chi connectivity index (χ1v) is 9.75. The maximum Gasteiger partial charge on any atom is 0.315 e. The zero-order valence-corrected chi connectivity index (χ0v) is 16.6. The van der Waals surface area contributed by atoms with Crippen molar-refractivity contribution < 1.29 is 9.59 Å². The molecule has 6 heteroatoms. The quantitative estimate of drug-likeness (QED) is 0.527. The van der Waals surface area contributed by atoms with E-state index in [0.29, 0.717) is 12.1 Å². The van der Waals surface area contributed by atoms with E-state index in [9.17, 15) is 9.59 Å². The van der Waals surface area contributed by atoms with Gasteiger partial charge in [0, 0.05) is 31.0 Å². The third-order valence-corrected chi connectivity index (χ3v) is 4.29. The second kappa shape index (κ2) is 12.3. The molecule has 0 bridgehead atoms. The average molecular weight is 363 g/mol. The number of hydrogen-bond donors (Lipinski definition) is 3. The van der Waals surface area contributed by atoms with Gasteiger partial charge in [0.05, 0.1) is 5.56 Å². The van der Waals surface area contributed by atoms with Gasteiger partial charge in [-0.05, 0) is 57.6 Å². The van der Waals surface area contributed by atoms with E-state index in [1.807, 2.05) is 26.8 Å². The Balaban J connectivity index is 2.17. The largest absolute Gasteiger partial charge is 0.352 e. The molecular weight excluding hydrogens is 328 g/mol. The van der Waals surface area contributed by atoms with Crippen molar-refractivity contribution >= 4 is 11.9 Å². The number of urea groups is 1. The van der Waals surface area contributed by atoms with Gasteiger partial charge in [-0.2, -0.15) is 0 Å². The van der Waals surface area contributed by atoms with Crippen LogP contribution in [0.15, 0.2) is 18.5 Å². The number of rotatable bonds is 11. The Morgan fingerprint density at radius 2 is 1.73 bits per heavy atom. The Kier molecular flexibility index (Phi) is 10.4. The summed E-state index contributed by atoms with van der Waals surface area (Å²) in [5, 5.41) is 8.83. The fourth-order valence-electron chi connectivity index (χ4n) is 2.75. The van der Waals surface area contributed by atoms with Gasteiger partial charge < -0.3 is 16.0 Å². The van der Waals surface area contributed by atoms with E-state index >= 15 is 0 Å². The molecule has 0 aliphatic carbocycles. The van der Waals surface area contributed by atoms with Gasteiger partial charge in [0.2, 0.25) is 0 Å². The van der Waals surface area contributed by atoms with Crippen molar-refractivity contribution in [3.05, 3.63) is 29.6 Å². The Bertz CT molecular complexity index is 562. The predicted molar refractivity (Wildman–Crippen MR) is 105 cm³/mol. The highest BCUT2D eigenvalue weighted by molar-refractivity contribution is 5.93. The maximum atomic E-state index is 12.1. The number of amides is 3. The minimum Gasteiger partial charge on any atom is -0.352 e. The molecule has 0 saturated heterocycles. The highest BCUT2D eigenvalue weighted by atomic mass is 16.2. The monoisotopic (exact) mass is 362 g/mol. The molecule has 0 saturated carbocycles. The molecule has 0 spiro atoms. The van der Waals surface area contributed by atoms with Crippen molar-refractivity contribution in [2.45, 2.75) is 78.3 Å². The first-order chi connectivity index (χ1) is 12.5. The summed E-state index contributed by atoms with van der Waals surface area (Å²) in [6.45, 7) is 8.79. The van der Waals surface area contributed by atoms with Gasteiger partial charge >= 0.3 is 6.03 Å². The maximum absolute atomic E-state index is 12.1. The molecule has 3 N–H and O–H groups in total. The first-order valence-electron chi connectivity index (χ1n) is 9.75. The van der Waals surface area contributed by atoms with Gasteiger partial charge in [0.25, 0.3) is 5.91 Å².